The molecule has 1 aromatic carbocycles. The second-order valence-electron chi connectivity index (χ2n) is 4.16. The average molecular weight is 240 g/mol. The van der Waals surface area contributed by atoms with Crippen LogP contribution in [0.25, 0.3) is 10.9 Å². The number of nitrogens with zero attached hydrogens (tertiary/aromatic N) is 1. The summed E-state index contributed by atoms with van der Waals surface area (Å²) in [5.74, 6) is 0.189. The second kappa shape index (κ2) is 4.16. The molecule has 0 spiro atoms. The molecular formula is C14H12N2O2. The Kier molecular flexibility index (Phi) is 2.50. The van der Waals surface area contributed by atoms with Crippen LogP contribution in [0.4, 0.5) is 0 Å². The Morgan fingerprint density at radius 1 is 1.11 bits per heavy atom. The number of aromatic amines is 1. The highest BCUT2D eigenvalue weighted by Gasteiger charge is 2.14. The highest BCUT2D eigenvalue weighted by molar-refractivity contribution is 5.82. The number of phenols is 1. The third-order valence-electron chi connectivity index (χ3n) is 3.02. The number of aromatic nitrogens is 2. The number of hydrogen-bond acceptors (Lipinski definition) is 3. The number of hydrogen-bond donors (Lipinski definition) is 3. The topological polar surface area (TPSA) is 69.1 Å². The van der Waals surface area contributed by atoms with Crippen molar-refractivity contribution in [2.75, 3.05) is 0 Å². The van der Waals surface area contributed by atoms with Gasteiger partial charge in [0.2, 0.25) is 0 Å². The Hall–Kier alpha value is -2.33. The minimum absolute atomic E-state index is 0.189. The lowest BCUT2D eigenvalue weighted by Crippen LogP contribution is -1.98. The maximum Gasteiger partial charge on any atom is 0.115 e. The first-order valence-corrected chi connectivity index (χ1v) is 5.63. The summed E-state index contributed by atoms with van der Waals surface area (Å²) in [6.45, 7) is 0. The van der Waals surface area contributed by atoms with Crippen LogP contribution >= 0.6 is 0 Å². The number of aliphatic hydroxyl groups excluding tert-OH is 1. The van der Waals surface area contributed by atoms with E-state index in [1.54, 1.807) is 42.9 Å². The van der Waals surface area contributed by atoms with Crippen molar-refractivity contribution in [3.63, 3.8) is 0 Å². The molecule has 3 N–H and O–H groups in total. The predicted octanol–water partition coefficient (Wildman–Crippen LogP) is 2.35. The van der Waals surface area contributed by atoms with Gasteiger partial charge in [-0.15, -0.1) is 0 Å². The lowest BCUT2D eigenvalue weighted by molar-refractivity contribution is 0.222. The largest absolute Gasteiger partial charge is 0.508 e. The molecule has 0 amide bonds. The van der Waals surface area contributed by atoms with E-state index in [-0.39, 0.29) is 5.75 Å². The number of benzene rings is 1. The quantitative estimate of drug-likeness (QED) is 0.644. The summed E-state index contributed by atoms with van der Waals surface area (Å²) >= 11 is 0. The summed E-state index contributed by atoms with van der Waals surface area (Å²) in [6.07, 6.45) is 4.48. The maximum absolute atomic E-state index is 10.3. The zero-order valence-corrected chi connectivity index (χ0v) is 9.54. The Balaban J connectivity index is 2.06. The molecule has 2 aromatic heterocycles. The van der Waals surface area contributed by atoms with Gasteiger partial charge in [-0.05, 0) is 23.8 Å². The van der Waals surface area contributed by atoms with E-state index in [1.807, 2.05) is 6.07 Å². The third kappa shape index (κ3) is 1.72. The first-order valence-electron chi connectivity index (χ1n) is 5.63. The fourth-order valence-corrected chi connectivity index (χ4v) is 2.06. The van der Waals surface area contributed by atoms with Gasteiger partial charge < -0.3 is 15.2 Å². The predicted molar refractivity (Wildman–Crippen MR) is 68.3 cm³/mol. The van der Waals surface area contributed by atoms with Crippen LogP contribution in [-0.4, -0.2) is 20.2 Å². The monoisotopic (exact) mass is 240 g/mol. The summed E-state index contributed by atoms with van der Waals surface area (Å²) < 4.78 is 0. The molecule has 1 atom stereocenters. The smallest absolute Gasteiger partial charge is 0.115 e. The van der Waals surface area contributed by atoms with Crippen molar-refractivity contribution in [3.05, 3.63) is 60.0 Å². The Bertz CT molecular complexity index is 674. The number of pyridine rings is 1. The van der Waals surface area contributed by atoms with Gasteiger partial charge in [0.1, 0.15) is 11.9 Å². The lowest BCUT2D eigenvalue weighted by Gasteiger charge is -2.10. The van der Waals surface area contributed by atoms with Gasteiger partial charge in [-0.3, -0.25) is 4.98 Å². The summed E-state index contributed by atoms with van der Waals surface area (Å²) in [7, 11) is 0. The molecule has 0 radical (unpaired) electrons. The number of nitrogens with one attached hydrogen (secondary N) is 1. The average Bonchev–Trinajstić information content (AvgIpc) is 2.82. The van der Waals surface area contributed by atoms with E-state index in [2.05, 4.69) is 9.97 Å². The SMILES string of the molecule is Oc1ccc(C(O)c2c[nH]c3cnccc23)cc1. The molecule has 90 valence electrons. The normalized spacial score (nSPS) is 12.7. The minimum atomic E-state index is -0.721. The first-order chi connectivity index (χ1) is 8.75. The second-order valence-corrected chi connectivity index (χ2v) is 4.16. The Morgan fingerprint density at radius 2 is 1.89 bits per heavy atom. The van der Waals surface area contributed by atoms with Crippen molar-refractivity contribution in [1.82, 2.24) is 9.97 Å². The van der Waals surface area contributed by atoms with Gasteiger partial charge in [-0.2, -0.15) is 0 Å². The Labute approximate surface area is 104 Å². The van der Waals surface area contributed by atoms with Crippen molar-refractivity contribution in [2.24, 2.45) is 0 Å². The van der Waals surface area contributed by atoms with Gasteiger partial charge in [-0.1, -0.05) is 12.1 Å². The van der Waals surface area contributed by atoms with Gasteiger partial charge in [0.25, 0.3) is 0 Å². The molecule has 2 heterocycles. The van der Waals surface area contributed by atoms with E-state index >= 15 is 0 Å². The fraction of sp³-hybridized carbons (Fsp3) is 0.0714. The van der Waals surface area contributed by atoms with E-state index in [0.29, 0.717) is 0 Å². The number of aliphatic hydroxyl groups is 1. The van der Waals surface area contributed by atoms with Crippen LogP contribution in [-0.2, 0) is 0 Å². The van der Waals surface area contributed by atoms with Crippen molar-refractivity contribution in [1.29, 1.82) is 0 Å². The van der Waals surface area contributed by atoms with Crippen LogP contribution in [0.15, 0.2) is 48.9 Å². The molecule has 0 saturated carbocycles. The summed E-state index contributed by atoms with van der Waals surface area (Å²) in [5.41, 5.74) is 2.44. The van der Waals surface area contributed by atoms with E-state index < -0.39 is 6.10 Å². The van der Waals surface area contributed by atoms with Crippen molar-refractivity contribution >= 4 is 10.9 Å². The number of H-pyrrole nitrogens is 1. The minimum Gasteiger partial charge on any atom is -0.508 e. The first kappa shape index (κ1) is 10.8. The summed E-state index contributed by atoms with van der Waals surface area (Å²) in [5, 5.41) is 20.5. The Morgan fingerprint density at radius 3 is 2.67 bits per heavy atom. The van der Waals surface area contributed by atoms with Crippen molar-refractivity contribution in [2.45, 2.75) is 6.10 Å². The molecule has 4 nitrogen and oxygen atoms in total. The molecule has 18 heavy (non-hydrogen) atoms. The zero-order valence-electron chi connectivity index (χ0n) is 9.54. The van der Waals surface area contributed by atoms with Gasteiger partial charge in [0, 0.05) is 23.3 Å². The van der Waals surface area contributed by atoms with E-state index in [0.717, 1.165) is 22.0 Å². The third-order valence-corrected chi connectivity index (χ3v) is 3.02. The van der Waals surface area contributed by atoms with Gasteiger partial charge in [-0.25, -0.2) is 0 Å². The zero-order chi connectivity index (χ0) is 12.5. The molecule has 0 fully saturated rings. The summed E-state index contributed by atoms with van der Waals surface area (Å²) in [4.78, 5) is 7.10. The van der Waals surface area contributed by atoms with Crippen LogP contribution in [0.1, 0.15) is 17.2 Å². The van der Waals surface area contributed by atoms with Crippen molar-refractivity contribution in [3.8, 4) is 5.75 Å². The maximum atomic E-state index is 10.3. The fourth-order valence-electron chi connectivity index (χ4n) is 2.06. The van der Waals surface area contributed by atoms with E-state index in [9.17, 15) is 10.2 Å². The number of aromatic hydroxyl groups is 1. The lowest BCUT2D eigenvalue weighted by atomic mass is 10.0. The van der Waals surface area contributed by atoms with Crippen LogP contribution in [0.5, 0.6) is 5.75 Å². The molecule has 0 bridgehead atoms. The van der Waals surface area contributed by atoms with E-state index in [4.69, 9.17) is 0 Å². The van der Waals surface area contributed by atoms with Crippen LogP contribution in [0.2, 0.25) is 0 Å². The molecule has 0 saturated heterocycles. The van der Waals surface area contributed by atoms with Crippen LogP contribution in [0, 0.1) is 0 Å². The highest BCUT2D eigenvalue weighted by Crippen LogP contribution is 2.28. The molecule has 0 aliphatic rings. The van der Waals surface area contributed by atoms with Crippen molar-refractivity contribution < 1.29 is 10.2 Å². The molecule has 3 aromatic rings. The van der Waals surface area contributed by atoms with Gasteiger partial charge in [0.05, 0.1) is 11.7 Å². The van der Waals surface area contributed by atoms with Crippen LogP contribution < -0.4 is 0 Å². The van der Waals surface area contributed by atoms with Gasteiger partial charge >= 0.3 is 0 Å². The van der Waals surface area contributed by atoms with E-state index in [1.165, 1.54) is 0 Å². The van der Waals surface area contributed by atoms with Crippen LogP contribution in [0.3, 0.4) is 0 Å². The number of fused-ring (bicyclic) bond motifs is 1. The molecule has 1 unspecified atom stereocenters. The molecule has 0 aliphatic carbocycles. The van der Waals surface area contributed by atoms with Gasteiger partial charge in [0.15, 0.2) is 0 Å². The number of phenolic OH excluding ortho intramolecular Hbond substituents is 1. The molecule has 0 aliphatic heterocycles. The standard InChI is InChI=1S/C14H12N2O2/c17-10-3-1-9(2-4-10)14(18)12-7-16-13-8-15-6-5-11(12)13/h1-8,14,16-18H. The molecule has 4 heteroatoms. The molecule has 3 rings (SSSR count). The number of rotatable bonds is 2. The highest BCUT2D eigenvalue weighted by atomic mass is 16.3. The summed E-state index contributed by atoms with van der Waals surface area (Å²) in [6, 6.07) is 8.41. The molecular weight excluding hydrogens is 228 g/mol.